The second kappa shape index (κ2) is 6.81. The van der Waals surface area contributed by atoms with Gasteiger partial charge < -0.3 is 19.9 Å². The molecule has 1 aromatic carbocycles. The molecule has 0 saturated heterocycles. The third-order valence-corrected chi connectivity index (χ3v) is 2.37. The molecule has 4 nitrogen and oxygen atoms in total. The Morgan fingerprint density at radius 3 is 2.12 bits per heavy atom. The quantitative estimate of drug-likeness (QED) is 0.823. The highest BCUT2D eigenvalue weighted by Crippen LogP contribution is 2.35. The second-order valence-corrected chi connectivity index (χ2v) is 3.43. The normalized spacial score (nSPS) is 10.6. The molecule has 94 valence electrons. The van der Waals surface area contributed by atoms with Gasteiger partial charge in [0.15, 0.2) is 11.5 Å². The van der Waals surface area contributed by atoms with Gasteiger partial charge in [0.05, 0.1) is 21.3 Å². The second-order valence-electron chi connectivity index (χ2n) is 3.43. The SMILES string of the molecule is COc1cc(OC)c(OC)cc1C=CCCN. The molecular formula is C13H19NO3. The minimum atomic E-state index is 0.631. The first-order valence-corrected chi connectivity index (χ1v) is 5.43. The largest absolute Gasteiger partial charge is 0.496 e. The molecule has 0 unspecified atom stereocenters. The lowest BCUT2D eigenvalue weighted by Gasteiger charge is -2.12. The molecular weight excluding hydrogens is 218 g/mol. The Labute approximate surface area is 102 Å². The maximum atomic E-state index is 5.44. The summed E-state index contributed by atoms with van der Waals surface area (Å²) in [5.74, 6) is 2.08. The molecule has 0 aliphatic rings. The maximum Gasteiger partial charge on any atom is 0.164 e. The first-order chi connectivity index (χ1) is 8.26. The van der Waals surface area contributed by atoms with Crippen molar-refractivity contribution in [2.24, 2.45) is 5.73 Å². The summed E-state index contributed by atoms with van der Waals surface area (Å²) < 4.78 is 15.8. The smallest absolute Gasteiger partial charge is 0.164 e. The van der Waals surface area contributed by atoms with Gasteiger partial charge in [-0.2, -0.15) is 0 Å². The summed E-state index contributed by atoms with van der Waals surface area (Å²) in [5.41, 5.74) is 6.38. The van der Waals surface area contributed by atoms with Crippen LogP contribution in [0.4, 0.5) is 0 Å². The molecule has 1 aromatic rings. The Bertz CT molecular complexity index is 388. The van der Waals surface area contributed by atoms with Crippen molar-refractivity contribution in [2.45, 2.75) is 6.42 Å². The van der Waals surface area contributed by atoms with Crippen molar-refractivity contribution < 1.29 is 14.2 Å². The van der Waals surface area contributed by atoms with Gasteiger partial charge in [0.1, 0.15) is 5.75 Å². The van der Waals surface area contributed by atoms with Crippen LogP contribution in [-0.4, -0.2) is 27.9 Å². The topological polar surface area (TPSA) is 53.7 Å². The summed E-state index contributed by atoms with van der Waals surface area (Å²) in [6.07, 6.45) is 4.80. The van der Waals surface area contributed by atoms with E-state index in [9.17, 15) is 0 Å². The molecule has 0 fully saturated rings. The number of nitrogens with two attached hydrogens (primary N) is 1. The monoisotopic (exact) mass is 237 g/mol. The molecule has 0 saturated carbocycles. The van der Waals surface area contributed by atoms with E-state index in [-0.39, 0.29) is 0 Å². The molecule has 0 heterocycles. The summed E-state index contributed by atoms with van der Waals surface area (Å²) in [7, 11) is 4.83. The molecule has 0 aromatic heterocycles. The number of hydrogen-bond donors (Lipinski definition) is 1. The summed E-state index contributed by atoms with van der Waals surface area (Å²) in [6.45, 7) is 0.631. The highest BCUT2D eigenvalue weighted by atomic mass is 16.5. The number of rotatable bonds is 6. The highest BCUT2D eigenvalue weighted by Gasteiger charge is 2.09. The van der Waals surface area contributed by atoms with Gasteiger partial charge >= 0.3 is 0 Å². The van der Waals surface area contributed by atoms with Crippen molar-refractivity contribution >= 4 is 6.08 Å². The van der Waals surface area contributed by atoms with E-state index in [0.29, 0.717) is 18.0 Å². The average Bonchev–Trinajstić information content (AvgIpc) is 2.38. The van der Waals surface area contributed by atoms with Gasteiger partial charge in [-0.25, -0.2) is 0 Å². The fourth-order valence-electron chi connectivity index (χ4n) is 1.49. The predicted octanol–water partition coefficient (Wildman–Crippen LogP) is 2.07. The number of benzene rings is 1. The van der Waals surface area contributed by atoms with Crippen LogP contribution in [0.5, 0.6) is 17.2 Å². The first kappa shape index (κ1) is 13.4. The van der Waals surface area contributed by atoms with Crippen molar-refractivity contribution in [3.63, 3.8) is 0 Å². The molecule has 0 aliphatic carbocycles. The van der Waals surface area contributed by atoms with Gasteiger partial charge in [-0.15, -0.1) is 0 Å². The zero-order valence-corrected chi connectivity index (χ0v) is 10.5. The summed E-state index contributed by atoms with van der Waals surface area (Å²) >= 11 is 0. The Hall–Kier alpha value is -1.68. The lowest BCUT2D eigenvalue weighted by atomic mass is 10.1. The minimum absolute atomic E-state index is 0.631. The molecule has 4 heteroatoms. The predicted molar refractivity (Wildman–Crippen MR) is 68.8 cm³/mol. The van der Waals surface area contributed by atoms with E-state index in [0.717, 1.165) is 17.7 Å². The van der Waals surface area contributed by atoms with E-state index < -0.39 is 0 Å². The first-order valence-electron chi connectivity index (χ1n) is 5.43. The molecule has 0 atom stereocenters. The number of methoxy groups -OCH3 is 3. The van der Waals surface area contributed by atoms with Gasteiger partial charge in [0, 0.05) is 11.6 Å². The highest BCUT2D eigenvalue weighted by molar-refractivity contribution is 5.63. The Morgan fingerprint density at radius 1 is 1.00 bits per heavy atom. The molecule has 0 spiro atoms. The van der Waals surface area contributed by atoms with Gasteiger partial charge in [0.25, 0.3) is 0 Å². The molecule has 1 rings (SSSR count). The fraction of sp³-hybridized carbons (Fsp3) is 0.385. The van der Waals surface area contributed by atoms with Gasteiger partial charge in [0.2, 0.25) is 0 Å². The van der Waals surface area contributed by atoms with Crippen molar-refractivity contribution in [3.05, 3.63) is 23.8 Å². The zero-order valence-electron chi connectivity index (χ0n) is 10.5. The molecule has 17 heavy (non-hydrogen) atoms. The Kier molecular flexibility index (Phi) is 5.36. The Balaban J connectivity index is 3.09. The van der Waals surface area contributed by atoms with Crippen LogP contribution in [0.15, 0.2) is 18.2 Å². The van der Waals surface area contributed by atoms with Crippen LogP contribution in [0.2, 0.25) is 0 Å². The lowest BCUT2D eigenvalue weighted by molar-refractivity contribution is 0.348. The summed E-state index contributed by atoms with van der Waals surface area (Å²) in [5, 5.41) is 0. The van der Waals surface area contributed by atoms with Gasteiger partial charge in [-0.3, -0.25) is 0 Å². The van der Waals surface area contributed by atoms with Crippen LogP contribution in [0, 0.1) is 0 Å². The third-order valence-electron chi connectivity index (χ3n) is 2.37. The van der Waals surface area contributed by atoms with Crippen LogP contribution in [0.25, 0.3) is 6.08 Å². The van der Waals surface area contributed by atoms with Crippen molar-refractivity contribution in [3.8, 4) is 17.2 Å². The standard InChI is InChI=1S/C13H19NO3/c1-15-11-9-13(17-3)12(16-2)8-10(11)6-4-5-7-14/h4,6,8-9H,5,7,14H2,1-3H3. The molecule has 0 bridgehead atoms. The van der Waals surface area contributed by atoms with E-state index in [1.165, 1.54) is 0 Å². The summed E-state index contributed by atoms with van der Waals surface area (Å²) in [4.78, 5) is 0. The van der Waals surface area contributed by atoms with Gasteiger partial charge in [-0.05, 0) is 19.0 Å². The van der Waals surface area contributed by atoms with Gasteiger partial charge in [-0.1, -0.05) is 12.2 Å². The van der Waals surface area contributed by atoms with Crippen molar-refractivity contribution in [1.29, 1.82) is 0 Å². The average molecular weight is 237 g/mol. The van der Waals surface area contributed by atoms with E-state index >= 15 is 0 Å². The van der Waals surface area contributed by atoms with Crippen LogP contribution < -0.4 is 19.9 Å². The lowest BCUT2D eigenvalue weighted by Crippen LogP contribution is -1.96. The van der Waals surface area contributed by atoms with E-state index in [4.69, 9.17) is 19.9 Å². The van der Waals surface area contributed by atoms with E-state index in [2.05, 4.69) is 0 Å². The molecule has 0 radical (unpaired) electrons. The fourth-order valence-corrected chi connectivity index (χ4v) is 1.49. The van der Waals surface area contributed by atoms with Crippen molar-refractivity contribution in [1.82, 2.24) is 0 Å². The van der Waals surface area contributed by atoms with Crippen LogP contribution in [0.3, 0.4) is 0 Å². The van der Waals surface area contributed by atoms with Crippen LogP contribution in [-0.2, 0) is 0 Å². The van der Waals surface area contributed by atoms with Crippen molar-refractivity contribution in [2.75, 3.05) is 27.9 Å². The third kappa shape index (κ3) is 3.39. The van der Waals surface area contributed by atoms with E-state index in [1.54, 1.807) is 27.4 Å². The number of hydrogen-bond acceptors (Lipinski definition) is 4. The molecule has 2 N–H and O–H groups in total. The Morgan fingerprint density at radius 2 is 1.59 bits per heavy atom. The zero-order chi connectivity index (χ0) is 12.7. The minimum Gasteiger partial charge on any atom is -0.496 e. The summed E-state index contributed by atoms with van der Waals surface area (Å²) in [6, 6.07) is 3.69. The van der Waals surface area contributed by atoms with E-state index in [1.807, 2.05) is 18.2 Å². The van der Waals surface area contributed by atoms with Crippen LogP contribution in [0.1, 0.15) is 12.0 Å². The number of ether oxygens (including phenoxy) is 3. The molecule has 0 aliphatic heterocycles. The maximum absolute atomic E-state index is 5.44. The van der Waals surface area contributed by atoms with Crippen LogP contribution >= 0.6 is 0 Å². The molecule has 0 amide bonds.